The van der Waals surface area contributed by atoms with Crippen molar-refractivity contribution in [1.82, 2.24) is 20.0 Å². The molecule has 6 heteroatoms. The highest BCUT2D eigenvalue weighted by molar-refractivity contribution is 5.30. The van der Waals surface area contributed by atoms with Crippen LogP contribution in [0.25, 0.3) is 0 Å². The fourth-order valence-corrected chi connectivity index (χ4v) is 2.73. The van der Waals surface area contributed by atoms with E-state index in [9.17, 15) is 0 Å². The van der Waals surface area contributed by atoms with Crippen molar-refractivity contribution in [2.75, 3.05) is 40.9 Å². The average molecular weight is 282 g/mol. The van der Waals surface area contributed by atoms with Crippen LogP contribution in [-0.4, -0.2) is 61.7 Å². The Morgan fingerprint density at radius 3 is 2.80 bits per heavy atom. The number of nitrogens with zero attached hydrogens (tertiary/aromatic N) is 3. The van der Waals surface area contributed by atoms with Crippen molar-refractivity contribution in [3.8, 4) is 5.75 Å². The lowest BCUT2D eigenvalue weighted by Gasteiger charge is -2.35. The smallest absolute Gasteiger partial charge is 0.161 e. The van der Waals surface area contributed by atoms with Crippen molar-refractivity contribution in [3.63, 3.8) is 0 Å². The summed E-state index contributed by atoms with van der Waals surface area (Å²) in [4.78, 5) is 2.29. The molecule has 0 bridgehead atoms. The van der Waals surface area contributed by atoms with E-state index in [1.54, 1.807) is 13.3 Å². The summed E-state index contributed by atoms with van der Waals surface area (Å²) in [6.07, 6.45) is 1.88. The second-order valence-corrected chi connectivity index (χ2v) is 5.57. The Labute approximate surface area is 121 Å². The molecule has 1 N–H and O–H groups in total. The van der Waals surface area contributed by atoms with E-state index in [1.807, 2.05) is 11.7 Å². The van der Waals surface area contributed by atoms with E-state index in [2.05, 4.69) is 36.2 Å². The van der Waals surface area contributed by atoms with Crippen LogP contribution in [0.4, 0.5) is 0 Å². The minimum absolute atomic E-state index is 0.0672. The Bertz CT molecular complexity index is 433. The van der Waals surface area contributed by atoms with Gasteiger partial charge in [-0.05, 0) is 27.9 Å². The van der Waals surface area contributed by atoms with Crippen molar-refractivity contribution in [3.05, 3.63) is 11.9 Å². The number of rotatable bonds is 5. The molecule has 0 aliphatic carbocycles. The molecule has 0 saturated carbocycles. The second-order valence-electron chi connectivity index (χ2n) is 5.57. The maximum Gasteiger partial charge on any atom is 0.161 e. The zero-order valence-corrected chi connectivity index (χ0v) is 13.1. The monoisotopic (exact) mass is 282 g/mol. The molecule has 20 heavy (non-hydrogen) atoms. The van der Waals surface area contributed by atoms with Crippen LogP contribution >= 0.6 is 0 Å². The maximum absolute atomic E-state index is 5.96. The molecule has 2 unspecified atom stereocenters. The highest BCUT2D eigenvalue weighted by Crippen LogP contribution is 2.31. The van der Waals surface area contributed by atoms with Gasteiger partial charge in [0.05, 0.1) is 32.1 Å². The highest BCUT2D eigenvalue weighted by atomic mass is 16.5. The van der Waals surface area contributed by atoms with Gasteiger partial charge in [-0.1, -0.05) is 0 Å². The van der Waals surface area contributed by atoms with Crippen LogP contribution in [0.2, 0.25) is 0 Å². The van der Waals surface area contributed by atoms with Crippen molar-refractivity contribution >= 4 is 0 Å². The molecule has 1 aliphatic heterocycles. The quantitative estimate of drug-likeness (QED) is 0.875. The molecule has 0 radical (unpaired) electrons. The van der Waals surface area contributed by atoms with E-state index in [1.165, 1.54) is 0 Å². The van der Waals surface area contributed by atoms with Crippen molar-refractivity contribution in [2.45, 2.75) is 32.0 Å². The van der Waals surface area contributed by atoms with Crippen LogP contribution in [0.15, 0.2) is 6.20 Å². The Hall–Kier alpha value is -1.11. The van der Waals surface area contributed by atoms with E-state index in [0.29, 0.717) is 0 Å². The van der Waals surface area contributed by atoms with Gasteiger partial charge in [0.1, 0.15) is 5.69 Å². The van der Waals surface area contributed by atoms with Crippen LogP contribution in [0.5, 0.6) is 5.75 Å². The minimum Gasteiger partial charge on any atom is -0.493 e. The first-order valence-corrected chi connectivity index (χ1v) is 7.17. The molecule has 6 nitrogen and oxygen atoms in total. The van der Waals surface area contributed by atoms with Gasteiger partial charge >= 0.3 is 0 Å². The SMILES string of the molecule is CNC(c1c(OC)cnn1C(C)C)C1CN(C)CCO1. The number of aromatic nitrogens is 2. The molecular weight excluding hydrogens is 256 g/mol. The highest BCUT2D eigenvalue weighted by Gasteiger charge is 2.32. The fourth-order valence-electron chi connectivity index (χ4n) is 2.73. The molecule has 0 spiro atoms. The lowest BCUT2D eigenvalue weighted by Crippen LogP contribution is -2.46. The minimum atomic E-state index is 0.0672. The van der Waals surface area contributed by atoms with Gasteiger partial charge in [-0.15, -0.1) is 0 Å². The lowest BCUT2D eigenvalue weighted by atomic mass is 10.0. The van der Waals surface area contributed by atoms with Crippen LogP contribution in [0.1, 0.15) is 31.6 Å². The van der Waals surface area contributed by atoms with Gasteiger partial charge in [0.25, 0.3) is 0 Å². The molecule has 2 atom stereocenters. The molecule has 2 rings (SSSR count). The third kappa shape index (κ3) is 2.97. The predicted octanol–water partition coefficient (Wildman–Crippen LogP) is 1.06. The van der Waals surface area contributed by atoms with Gasteiger partial charge in [0.15, 0.2) is 5.75 Å². The van der Waals surface area contributed by atoms with E-state index >= 15 is 0 Å². The van der Waals surface area contributed by atoms with Gasteiger partial charge in [-0.3, -0.25) is 4.68 Å². The number of likely N-dealkylation sites (N-methyl/N-ethyl adjacent to an activating group) is 2. The average Bonchev–Trinajstić information content (AvgIpc) is 2.84. The lowest BCUT2D eigenvalue weighted by molar-refractivity contribution is -0.0399. The molecule has 0 amide bonds. The number of ether oxygens (including phenoxy) is 2. The number of nitrogens with one attached hydrogen (secondary N) is 1. The molecule has 114 valence electrons. The van der Waals surface area contributed by atoms with Crippen LogP contribution in [0, 0.1) is 0 Å². The Balaban J connectivity index is 2.32. The van der Waals surface area contributed by atoms with Crippen molar-refractivity contribution in [2.24, 2.45) is 0 Å². The number of hydrogen-bond acceptors (Lipinski definition) is 5. The molecule has 1 fully saturated rings. The first kappa shape index (κ1) is 15.3. The first-order valence-electron chi connectivity index (χ1n) is 7.17. The first-order chi connectivity index (χ1) is 9.58. The summed E-state index contributed by atoms with van der Waals surface area (Å²) in [6, 6.07) is 0.351. The van der Waals surface area contributed by atoms with E-state index in [-0.39, 0.29) is 18.2 Å². The van der Waals surface area contributed by atoms with Gasteiger partial charge in [-0.25, -0.2) is 0 Å². The van der Waals surface area contributed by atoms with Gasteiger partial charge in [-0.2, -0.15) is 5.10 Å². The molecule has 1 aliphatic rings. The molecule has 1 aromatic rings. The number of hydrogen-bond donors (Lipinski definition) is 1. The maximum atomic E-state index is 5.96. The van der Waals surface area contributed by atoms with Crippen molar-refractivity contribution in [1.29, 1.82) is 0 Å². The van der Waals surface area contributed by atoms with Gasteiger partial charge in [0, 0.05) is 19.1 Å². The molecule has 0 aromatic carbocycles. The predicted molar refractivity (Wildman–Crippen MR) is 78.2 cm³/mol. The van der Waals surface area contributed by atoms with Crippen LogP contribution in [0.3, 0.4) is 0 Å². The standard InChI is InChI=1S/C14H26N4O2/c1-10(2)18-14(11(19-5)8-16-18)13(15-3)12-9-17(4)6-7-20-12/h8,10,12-13,15H,6-7,9H2,1-5H3. The summed E-state index contributed by atoms with van der Waals surface area (Å²) in [5.74, 6) is 0.815. The largest absolute Gasteiger partial charge is 0.493 e. The molecule has 1 saturated heterocycles. The third-order valence-electron chi connectivity index (χ3n) is 3.78. The number of morpholine rings is 1. The van der Waals surface area contributed by atoms with E-state index in [0.717, 1.165) is 31.1 Å². The summed E-state index contributed by atoms with van der Waals surface area (Å²) in [5.41, 5.74) is 1.06. The second kappa shape index (κ2) is 6.56. The van der Waals surface area contributed by atoms with E-state index < -0.39 is 0 Å². The summed E-state index contributed by atoms with van der Waals surface area (Å²) >= 11 is 0. The van der Waals surface area contributed by atoms with Gasteiger partial charge < -0.3 is 19.7 Å². The van der Waals surface area contributed by atoms with Crippen molar-refractivity contribution < 1.29 is 9.47 Å². The number of methoxy groups -OCH3 is 1. The van der Waals surface area contributed by atoms with E-state index in [4.69, 9.17) is 9.47 Å². The summed E-state index contributed by atoms with van der Waals surface area (Å²) < 4.78 is 13.5. The topological polar surface area (TPSA) is 51.5 Å². The Kier molecular flexibility index (Phi) is 5.01. The molecule has 2 heterocycles. The third-order valence-corrected chi connectivity index (χ3v) is 3.78. The molecular formula is C14H26N4O2. The summed E-state index contributed by atoms with van der Waals surface area (Å²) in [7, 11) is 5.77. The van der Waals surface area contributed by atoms with Crippen LogP contribution < -0.4 is 10.1 Å². The Morgan fingerprint density at radius 2 is 2.25 bits per heavy atom. The van der Waals surface area contributed by atoms with Crippen LogP contribution in [-0.2, 0) is 4.74 Å². The molecule has 1 aromatic heterocycles. The summed E-state index contributed by atoms with van der Waals surface area (Å²) in [6.45, 7) is 6.88. The zero-order chi connectivity index (χ0) is 14.7. The normalized spacial score (nSPS) is 22.2. The fraction of sp³-hybridized carbons (Fsp3) is 0.786. The zero-order valence-electron chi connectivity index (χ0n) is 13.1. The van der Waals surface area contributed by atoms with Gasteiger partial charge in [0.2, 0.25) is 0 Å². The summed E-state index contributed by atoms with van der Waals surface area (Å²) in [5, 5.41) is 7.82. The Morgan fingerprint density at radius 1 is 1.50 bits per heavy atom.